The Balaban J connectivity index is 2.64. The van der Waals surface area contributed by atoms with Gasteiger partial charge >= 0.3 is 0 Å². The standard InChI is InChI=1S/C15H25NO/c1-5-13(4)17-11-15(16-6-2)14-9-7-8-12(3)10-14/h7-10,13,15-16H,5-6,11H2,1-4H3. The maximum atomic E-state index is 5.84. The van der Waals surface area contributed by atoms with Crippen LogP contribution in [0.1, 0.15) is 44.4 Å². The molecule has 2 unspecified atom stereocenters. The van der Waals surface area contributed by atoms with Gasteiger partial charge in [-0.1, -0.05) is 43.7 Å². The Morgan fingerprint density at radius 1 is 1.29 bits per heavy atom. The van der Waals surface area contributed by atoms with E-state index in [4.69, 9.17) is 4.74 Å². The van der Waals surface area contributed by atoms with Crippen molar-refractivity contribution in [1.82, 2.24) is 5.32 Å². The van der Waals surface area contributed by atoms with Gasteiger partial charge in [0, 0.05) is 0 Å². The third kappa shape index (κ3) is 4.88. The van der Waals surface area contributed by atoms with Gasteiger partial charge in [0.2, 0.25) is 0 Å². The van der Waals surface area contributed by atoms with Gasteiger partial charge in [-0.2, -0.15) is 0 Å². The van der Waals surface area contributed by atoms with Crippen molar-refractivity contribution in [2.24, 2.45) is 0 Å². The lowest BCUT2D eigenvalue weighted by Gasteiger charge is -2.21. The summed E-state index contributed by atoms with van der Waals surface area (Å²) in [5.74, 6) is 0. The van der Waals surface area contributed by atoms with Crippen LogP contribution in [0.3, 0.4) is 0 Å². The number of likely N-dealkylation sites (N-methyl/N-ethyl adjacent to an activating group) is 1. The van der Waals surface area contributed by atoms with Gasteiger partial charge in [-0.15, -0.1) is 0 Å². The Bertz CT molecular complexity index is 324. The normalized spacial score (nSPS) is 14.6. The highest BCUT2D eigenvalue weighted by molar-refractivity contribution is 5.25. The first kappa shape index (κ1) is 14.2. The van der Waals surface area contributed by atoms with Crippen LogP contribution in [0.2, 0.25) is 0 Å². The second-order valence-electron chi connectivity index (χ2n) is 4.58. The van der Waals surface area contributed by atoms with E-state index in [1.165, 1.54) is 11.1 Å². The lowest BCUT2D eigenvalue weighted by Crippen LogP contribution is -2.27. The molecule has 0 aromatic heterocycles. The van der Waals surface area contributed by atoms with Gasteiger partial charge in [0.25, 0.3) is 0 Å². The van der Waals surface area contributed by atoms with Gasteiger partial charge in [0.1, 0.15) is 0 Å². The van der Waals surface area contributed by atoms with Crippen LogP contribution in [0, 0.1) is 6.92 Å². The molecule has 0 heterocycles. The molecule has 1 rings (SSSR count). The van der Waals surface area contributed by atoms with Gasteiger partial charge in [-0.05, 0) is 32.4 Å². The highest BCUT2D eigenvalue weighted by Crippen LogP contribution is 2.16. The third-order valence-electron chi connectivity index (χ3n) is 3.02. The Labute approximate surface area is 105 Å². The summed E-state index contributed by atoms with van der Waals surface area (Å²) in [5.41, 5.74) is 2.61. The van der Waals surface area contributed by atoms with Crippen LogP contribution in [0.5, 0.6) is 0 Å². The van der Waals surface area contributed by atoms with Crippen LogP contribution in [0.4, 0.5) is 0 Å². The number of nitrogens with one attached hydrogen (secondary N) is 1. The van der Waals surface area contributed by atoms with E-state index in [-0.39, 0.29) is 0 Å². The lowest BCUT2D eigenvalue weighted by atomic mass is 10.0. The molecule has 0 spiro atoms. The van der Waals surface area contributed by atoms with Crippen molar-refractivity contribution >= 4 is 0 Å². The summed E-state index contributed by atoms with van der Waals surface area (Å²) in [6, 6.07) is 8.93. The van der Waals surface area contributed by atoms with Crippen LogP contribution in [0.25, 0.3) is 0 Å². The van der Waals surface area contributed by atoms with Gasteiger partial charge in [-0.25, -0.2) is 0 Å². The SMILES string of the molecule is CCNC(COC(C)CC)c1cccc(C)c1. The zero-order valence-corrected chi connectivity index (χ0v) is 11.5. The minimum atomic E-state index is 0.300. The summed E-state index contributed by atoms with van der Waals surface area (Å²) in [6.45, 7) is 10.2. The average molecular weight is 235 g/mol. The molecule has 0 aliphatic heterocycles. The first-order valence-electron chi connectivity index (χ1n) is 6.58. The Kier molecular flexibility index (Phi) is 6.23. The Morgan fingerprint density at radius 2 is 2.06 bits per heavy atom. The van der Waals surface area contributed by atoms with E-state index in [0.29, 0.717) is 12.1 Å². The molecular formula is C15H25NO. The first-order valence-corrected chi connectivity index (χ1v) is 6.58. The van der Waals surface area contributed by atoms with Crippen LogP contribution >= 0.6 is 0 Å². The van der Waals surface area contributed by atoms with Gasteiger partial charge < -0.3 is 10.1 Å². The molecule has 2 atom stereocenters. The van der Waals surface area contributed by atoms with Crippen molar-refractivity contribution in [3.63, 3.8) is 0 Å². The predicted octanol–water partition coefficient (Wildman–Crippen LogP) is 3.46. The fourth-order valence-electron chi connectivity index (χ4n) is 1.78. The molecule has 1 N–H and O–H groups in total. The smallest absolute Gasteiger partial charge is 0.0665 e. The lowest BCUT2D eigenvalue weighted by molar-refractivity contribution is 0.0476. The minimum Gasteiger partial charge on any atom is -0.377 e. The van der Waals surface area contributed by atoms with E-state index >= 15 is 0 Å². The number of hydrogen-bond acceptors (Lipinski definition) is 2. The van der Waals surface area contributed by atoms with E-state index in [0.717, 1.165) is 19.6 Å². The molecule has 17 heavy (non-hydrogen) atoms. The van der Waals surface area contributed by atoms with Gasteiger partial charge in [0.15, 0.2) is 0 Å². The average Bonchev–Trinajstić information content (AvgIpc) is 2.34. The van der Waals surface area contributed by atoms with Crippen molar-refractivity contribution in [2.45, 2.75) is 46.3 Å². The zero-order chi connectivity index (χ0) is 12.7. The van der Waals surface area contributed by atoms with Crippen LogP contribution < -0.4 is 5.32 Å². The highest BCUT2D eigenvalue weighted by Gasteiger charge is 2.11. The molecule has 1 aromatic carbocycles. The Hall–Kier alpha value is -0.860. The third-order valence-corrected chi connectivity index (χ3v) is 3.02. The molecule has 0 fully saturated rings. The monoisotopic (exact) mass is 235 g/mol. The van der Waals surface area contributed by atoms with Gasteiger partial charge in [0.05, 0.1) is 18.8 Å². The minimum absolute atomic E-state index is 0.300. The molecule has 0 radical (unpaired) electrons. The number of rotatable bonds is 7. The van der Waals surface area contributed by atoms with Crippen molar-refractivity contribution in [1.29, 1.82) is 0 Å². The van der Waals surface area contributed by atoms with Crippen molar-refractivity contribution in [3.8, 4) is 0 Å². The zero-order valence-electron chi connectivity index (χ0n) is 11.5. The fourth-order valence-corrected chi connectivity index (χ4v) is 1.78. The number of ether oxygens (including phenoxy) is 1. The molecule has 0 amide bonds. The molecule has 0 saturated heterocycles. The largest absolute Gasteiger partial charge is 0.377 e. The second kappa shape index (κ2) is 7.46. The molecule has 2 heteroatoms. The number of aryl methyl sites for hydroxylation is 1. The molecule has 2 nitrogen and oxygen atoms in total. The molecule has 96 valence electrons. The van der Waals surface area contributed by atoms with E-state index in [1.807, 2.05) is 0 Å². The van der Waals surface area contributed by atoms with Gasteiger partial charge in [-0.3, -0.25) is 0 Å². The van der Waals surface area contributed by atoms with E-state index in [9.17, 15) is 0 Å². The maximum Gasteiger partial charge on any atom is 0.0665 e. The van der Waals surface area contributed by atoms with Crippen LogP contribution in [0.15, 0.2) is 24.3 Å². The molecule has 0 aliphatic carbocycles. The van der Waals surface area contributed by atoms with Crippen molar-refractivity contribution < 1.29 is 4.74 Å². The maximum absolute atomic E-state index is 5.84. The predicted molar refractivity (Wildman–Crippen MR) is 73.3 cm³/mol. The number of hydrogen-bond donors (Lipinski definition) is 1. The van der Waals surface area contributed by atoms with Crippen molar-refractivity contribution in [2.75, 3.05) is 13.2 Å². The molecule has 0 saturated carbocycles. The fraction of sp³-hybridized carbons (Fsp3) is 0.600. The summed E-state index contributed by atoms with van der Waals surface area (Å²) >= 11 is 0. The topological polar surface area (TPSA) is 21.3 Å². The summed E-state index contributed by atoms with van der Waals surface area (Å²) in [4.78, 5) is 0. The van der Waals surface area contributed by atoms with Crippen LogP contribution in [-0.4, -0.2) is 19.3 Å². The molecule has 0 bridgehead atoms. The quantitative estimate of drug-likeness (QED) is 0.781. The van der Waals surface area contributed by atoms with E-state index < -0.39 is 0 Å². The molecule has 0 aliphatic rings. The summed E-state index contributed by atoms with van der Waals surface area (Å²) in [7, 11) is 0. The highest BCUT2D eigenvalue weighted by atomic mass is 16.5. The van der Waals surface area contributed by atoms with Crippen molar-refractivity contribution in [3.05, 3.63) is 35.4 Å². The first-order chi connectivity index (χ1) is 8.17. The van der Waals surface area contributed by atoms with E-state index in [1.54, 1.807) is 0 Å². The number of benzene rings is 1. The Morgan fingerprint density at radius 3 is 2.65 bits per heavy atom. The molecule has 1 aromatic rings. The molecular weight excluding hydrogens is 210 g/mol. The van der Waals surface area contributed by atoms with E-state index in [2.05, 4.69) is 57.3 Å². The summed E-state index contributed by atoms with van der Waals surface area (Å²) in [6.07, 6.45) is 1.40. The summed E-state index contributed by atoms with van der Waals surface area (Å²) < 4.78 is 5.84. The van der Waals surface area contributed by atoms with Crippen LogP contribution in [-0.2, 0) is 4.74 Å². The summed E-state index contributed by atoms with van der Waals surface area (Å²) in [5, 5.41) is 3.48. The second-order valence-corrected chi connectivity index (χ2v) is 4.58.